The Morgan fingerprint density at radius 1 is 1.78 bits per heavy atom. The molecule has 0 saturated carbocycles. The number of likely N-dealkylation sites (N-methyl/N-ethyl adjacent to an activating group) is 1. The third-order valence-electron chi connectivity index (χ3n) is 1.30. The zero-order valence-electron chi connectivity index (χ0n) is 6.22. The number of carbonyl (C=O) groups is 1. The molecule has 0 aromatic rings. The van der Waals surface area contributed by atoms with Gasteiger partial charge in [0.15, 0.2) is 0 Å². The number of rotatable bonds is 4. The van der Waals surface area contributed by atoms with Crippen molar-refractivity contribution in [2.24, 2.45) is 0 Å². The van der Waals surface area contributed by atoms with E-state index in [1.165, 1.54) is 0 Å². The van der Waals surface area contributed by atoms with Gasteiger partial charge in [0, 0.05) is 6.29 Å². The summed E-state index contributed by atoms with van der Waals surface area (Å²) in [5.41, 5.74) is 0. The lowest BCUT2D eigenvalue weighted by Crippen LogP contribution is -2.29. The molecule has 0 fully saturated rings. The van der Waals surface area contributed by atoms with Crippen molar-refractivity contribution in [2.75, 3.05) is 20.0 Å². The second kappa shape index (κ2) is 4.89. The summed E-state index contributed by atoms with van der Waals surface area (Å²) in [5, 5.41) is 0. The Bertz CT molecular complexity index is 87.1. The third kappa shape index (κ3) is 3.61. The van der Waals surface area contributed by atoms with Gasteiger partial charge in [-0.25, -0.2) is 0 Å². The molecule has 0 heterocycles. The molecule has 2 unspecified atom stereocenters. The van der Waals surface area contributed by atoms with Crippen LogP contribution in [-0.4, -0.2) is 37.2 Å². The first-order chi connectivity index (χ1) is 4.22. The fourth-order valence-electron chi connectivity index (χ4n) is 0.497. The summed E-state index contributed by atoms with van der Waals surface area (Å²) in [7, 11) is 2.87. The predicted octanol–water partition coefficient (Wildman–Crippen LogP) is 0.771. The van der Waals surface area contributed by atoms with E-state index in [2.05, 4.69) is 6.66 Å². The fourth-order valence-corrected chi connectivity index (χ4v) is 1.28. The summed E-state index contributed by atoms with van der Waals surface area (Å²) in [4.78, 5) is 12.2. The highest BCUT2D eigenvalue weighted by Crippen LogP contribution is 2.05. The standard InChI is InChI=1S/C6H14NOP/c1-6(4-8)7(2)5-9-3/h4,6,9H,5H2,1-3H3. The SMILES string of the molecule is CPCN(C)C(C)C=O. The molecule has 0 rings (SSSR count). The smallest absolute Gasteiger partial charge is 0.136 e. The van der Waals surface area contributed by atoms with Crippen molar-refractivity contribution in [3.63, 3.8) is 0 Å². The van der Waals surface area contributed by atoms with Crippen LogP contribution in [0.2, 0.25) is 0 Å². The van der Waals surface area contributed by atoms with E-state index in [-0.39, 0.29) is 6.04 Å². The van der Waals surface area contributed by atoms with E-state index in [1.807, 2.05) is 18.9 Å². The van der Waals surface area contributed by atoms with Gasteiger partial charge >= 0.3 is 0 Å². The molecular weight excluding hydrogens is 133 g/mol. The number of hydrogen-bond donors (Lipinski definition) is 0. The average Bonchev–Trinajstić information content (AvgIpc) is 1.87. The zero-order valence-corrected chi connectivity index (χ0v) is 7.22. The summed E-state index contributed by atoms with van der Waals surface area (Å²) in [6.45, 7) is 4.04. The van der Waals surface area contributed by atoms with Crippen LogP contribution < -0.4 is 0 Å². The minimum absolute atomic E-state index is 0.0810. The minimum Gasteiger partial charge on any atom is -0.302 e. The number of carbonyl (C=O) groups excluding carboxylic acids is 1. The highest BCUT2D eigenvalue weighted by molar-refractivity contribution is 7.36. The van der Waals surface area contributed by atoms with E-state index >= 15 is 0 Å². The summed E-state index contributed by atoms with van der Waals surface area (Å²) in [6.07, 6.45) is 2.00. The molecule has 9 heavy (non-hydrogen) atoms. The van der Waals surface area contributed by atoms with Gasteiger partial charge in [-0.15, -0.1) is 8.58 Å². The molecule has 0 aliphatic carbocycles. The van der Waals surface area contributed by atoms with Crippen LogP contribution in [0.3, 0.4) is 0 Å². The van der Waals surface area contributed by atoms with E-state index in [1.54, 1.807) is 0 Å². The monoisotopic (exact) mass is 147 g/mol. The largest absolute Gasteiger partial charge is 0.302 e. The van der Waals surface area contributed by atoms with Gasteiger partial charge in [0.2, 0.25) is 0 Å². The van der Waals surface area contributed by atoms with Gasteiger partial charge in [0.05, 0.1) is 6.04 Å². The molecule has 0 radical (unpaired) electrons. The van der Waals surface area contributed by atoms with Gasteiger partial charge in [-0.3, -0.25) is 4.90 Å². The van der Waals surface area contributed by atoms with Gasteiger partial charge in [0.1, 0.15) is 6.29 Å². The maximum absolute atomic E-state index is 10.2. The number of aldehydes is 1. The average molecular weight is 147 g/mol. The second-order valence-corrected chi connectivity index (χ2v) is 3.17. The van der Waals surface area contributed by atoms with E-state index in [9.17, 15) is 4.79 Å². The summed E-state index contributed by atoms with van der Waals surface area (Å²) >= 11 is 0. The van der Waals surface area contributed by atoms with Gasteiger partial charge in [-0.2, -0.15) is 0 Å². The molecule has 0 aliphatic heterocycles. The Morgan fingerprint density at radius 2 is 2.33 bits per heavy atom. The molecule has 0 aromatic carbocycles. The Kier molecular flexibility index (Phi) is 4.93. The Morgan fingerprint density at radius 3 is 2.67 bits per heavy atom. The predicted molar refractivity (Wildman–Crippen MR) is 42.4 cm³/mol. The molecule has 3 heteroatoms. The van der Waals surface area contributed by atoms with Crippen molar-refractivity contribution in [2.45, 2.75) is 13.0 Å². The second-order valence-electron chi connectivity index (χ2n) is 2.15. The first kappa shape index (κ1) is 9.06. The molecule has 2 atom stereocenters. The van der Waals surface area contributed by atoms with Crippen LogP contribution in [-0.2, 0) is 4.79 Å². The summed E-state index contributed by atoms with van der Waals surface area (Å²) in [5.74, 6) is 0. The fraction of sp³-hybridized carbons (Fsp3) is 0.833. The van der Waals surface area contributed by atoms with Crippen molar-refractivity contribution in [3.05, 3.63) is 0 Å². The van der Waals surface area contributed by atoms with Crippen LogP contribution in [0.15, 0.2) is 0 Å². The maximum atomic E-state index is 10.2. The van der Waals surface area contributed by atoms with Crippen LogP contribution in [0.1, 0.15) is 6.92 Å². The molecule has 0 aliphatic rings. The van der Waals surface area contributed by atoms with Crippen LogP contribution in [0, 0.1) is 0 Å². The summed E-state index contributed by atoms with van der Waals surface area (Å²) in [6, 6.07) is 0.0810. The van der Waals surface area contributed by atoms with Gasteiger partial charge < -0.3 is 4.79 Å². The molecule has 0 spiro atoms. The lowest BCUT2D eigenvalue weighted by atomic mass is 10.4. The lowest BCUT2D eigenvalue weighted by Gasteiger charge is -2.17. The Balaban J connectivity index is 3.44. The van der Waals surface area contributed by atoms with Crippen LogP contribution in [0.5, 0.6) is 0 Å². The molecule has 0 saturated heterocycles. The first-order valence-corrected chi connectivity index (χ1v) is 4.73. The molecule has 0 aromatic heterocycles. The molecule has 54 valence electrons. The lowest BCUT2D eigenvalue weighted by molar-refractivity contribution is -0.111. The van der Waals surface area contributed by atoms with E-state index in [0.717, 1.165) is 21.2 Å². The topological polar surface area (TPSA) is 20.3 Å². The minimum atomic E-state index is 0.0810. The Hall–Kier alpha value is 0.0600. The molecule has 2 nitrogen and oxygen atoms in total. The molecule has 0 N–H and O–H groups in total. The molecule has 0 amide bonds. The molecular formula is C6H14NOP. The van der Waals surface area contributed by atoms with Gasteiger partial charge in [-0.1, -0.05) is 0 Å². The van der Waals surface area contributed by atoms with Crippen molar-refractivity contribution in [3.8, 4) is 0 Å². The van der Waals surface area contributed by atoms with E-state index in [4.69, 9.17) is 0 Å². The van der Waals surface area contributed by atoms with Crippen LogP contribution in [0.25, 0.3) is 0 Å². The van der Waals surface area contributed by atoms with Crippen molar-refractivity contribution < 1.29 is 4.79 Å². The van der Waals surface area contributed by atoms with E-state index < -0.39 is 0 Å². The van der Waals surface area contributed by atoms with Crippen LogP contribution >= 0.6 is 8.58 Å². The number of hydrogen-bond acceptors (Lipinski definition) is 2. The highest BCUT2D eigenvalue weighted by Gasteiger charge is 2.03. The van der Waals surface area contributed by atoms with Crippen molar-refractivity contribution in [1.82, 2.24) is 4.90 Å². The molecule has 0 bridgehead atoms. The van der Waals surface area contributed by atoms with E-state index in [0.29, 0.717) is 0 Å². The summed E-state index contributed by atoms with van der Waals surface area (Å²) < 4.78 is 0. The van der Waals surface area contributed by atoms with Gasteiger partial charge in [-0.05, 0) is 20.6 Å². The zero-order chi connectivity index (χ0) is 7.28. The van der Waals surface area contributed by atoms with Crippen molar-refractivity contribution >= 4 is 14.9 Å². The van der Waals surface area contributed by atoms with Crippen molar-refractivity contribution in [1.29, 1.82) is 0 Å². The normalized spacial score (nSPS) is 15.1. The maximum Gasteiger partial charge on any atom is 0.136 e. The van der Waals surface area contributed by atoms with Crippen LogP contribution in [0.4, 0.5) is 0 Å². The number of nitrogens with zero attached hydrogens (tertiary/aromatic N) is 1. The first-order valence-electron chi connectivity index (χ1n) is 3.02. The highest BCUT2D eigenvalue weighted by atomic mass is 31.1. The Labute approximate surface area is 58.4 Å². The van der Waals surface area contributed by atoms with Gasteiger partial charge in [0.25, 0.3) is 0 Å². The quantitative estimate of drug-likeness (QED) is 0.432. The third-order valence-corrected chi connectivity index (χ3v) is 2.11.